The average Bonchev–Trinajstić information content (AvgIpc) is 2.72. The fourth-order valence-electron chi connectivity index (χ4n) is 2.96. The third kappa shape index (κ3) is 6.10. The van der Waals surface area contributed by atoms with E-state index in [9.17, 15) is 4.79 Å². The van der Waals surface area contributed by atoms with Crippen molar-refractivity contribution in [3.63, 3.8) is 0 Å². The molecule has 6 N–H and O–H groups in total. The van der Waals surface area contributed by atoms with Crippen molar-refractivity contribution in [3.05, 3.63) is 23.8 Å². The molecule has 1 aliphatic rings. The Morgan fingerprint density at radius 2 is 2.12 bits per heavy atom. The first-order chi connectivity index (χ1) is 11.8. The van der Waals surface area contributed by atoms with Gasteiger partial charge in [0.25, 0.3) is 0 Å². The standard InChI is InChI=1S/C18H31N5O2/c1-18(2,3)25-17(24)22-23-10-5-4-8-14(12-23)21-16-13(11-19)7-6-9-15(16)20/h6-7,9,14,21H,4-5,8,10-12,19-20H2,1-3H3,(H,22,24)/t14-/m1/s1. The van der Waals surface area contributed by atoms with E-state index in [2.05, 4.69) is 10.7 Å². The fourth-order valence-corrected chi connectivity index (χ4v) is 2.96. The second-order valence-corrected chi connectivity index (χ2v) is 7.48. The van der Waals surface area contributed by atoms with Gasteiger partial charge in [0.1, 0.15) is 5.60 Å². The van der Waals surface area contributed by atoms with E-state index in [4.69, 9.17) is 16.2 Å². The van der Waals surface area contributed by atoms with Crippen LogP contribution in [0.1, 0.15) is 45.6 Å². The lowest BCUT2D eigenvalue weighted by molar-refractivity contribution is 0.0331. The van der Waals surface area contributed by atoms with Gasteiger partial charge in [-0.05, 0) is 45.2 Å². The molecule has 0 unspecified atom stereocenters. The van der Waals surface area contributed by atoms with Gasteiger partial charge in [0.15, 0.2) is 0 Å². The van der Waals surface area contributed by atoms with Crippen LogP contribution in [0.3, 0.4) is 0 Å². The van der Waals surface area contributed by atoms with Crippen LogP contribution in [0.25, 0.3) is 0 Å². The van der Waals surface area contributed by atoms with Crippen LogP contribution in [0.2, 0.25) is 0 Å². The van der Waals surface area contributed by atoms with Crippen LogP contribution < -0.4 is 22.2 Å². The molecule has 7 nitrogen and oxygen atoms in total. The van der Waals surface area contributed by atoms with Crippen LogP contribution in [0.4, 0.5) is 16.2 Å². The number of hydrogen-bond acceptors (Lipinski definition) is 6. The van der Waals surface area contributed by atoms with E-state index in [0.29, 0.717) is 18.8 Å². The summed E-state index contributed by atoms with van der Waals surface area (Å²) in [6.45, 7) is 7.46. The molecule has 1 aromatic rings. The van der Waals surface area contributed by atoms with Crippen LogP contribution in [-0.2, 0) is 11.3 Å². The molecular formula is C18H31N5O2. The fraction of sp³-hybridized carbons (Fsp3) is 0.611. The first-order valence-corrected chi connectivity index (χ1v) is 8.87. The number of para-hydroxylation sites is 1. The maximum atomic E-state index is 12.0. The molecule has 1 aliphatic heterocycles. The van der Waals surface area contributed by atoms with Crippen molar-refractivity contribution in [3.8, 4) is 0 Å². The summed E-state index contributed by atoms with van der Waals surface area (Å²) in [4.78, 5) is 12.0. The normalized spacial score (nSPS) is 19.1. The number of nitrogen functional groups attached to an aromatic ring is 1. The van der Waals surface area contributed by atoms with Crippen molar-refractivity contribution < 1.29 is 9.53 Å². The Morgan fingerprint density at radius 1 is 1.36 bits per heavy atom. The summed E-state index contributed by atoms with van der Waals surface area (Å²) in [5.74, 6) is 0. The predicted octanol–water partition coefficient (Wildman–Crippen LogP) is 2.43. The van der Waals surface area contributed by atoms with E-state index in [0.717, 1.165) is 37.1 Å². The monoisotopic (exact) mass is 349 g/mol. The first kappa shape index (κ1) is 19.3. The SMILES string of the molecule is CC(C)(C)OC(=O)NN1CCCC[C@@H](Nc2c(N)cccc2CN)C1. The minimum absolute atomic E-state index is 0.174. The van der Waals surface area contributed by atoms with E-state index < -0.39 is 11.7 Å². The summed E-state index contributed by atoms with van der Waals surface area (Å²) in [6, 6.07) is 5.93. The van der Waals surface area contributed by atoms with Gasteiger partial charge in [-0.3, -0.25) is 5.43 Å². The van der Waals surface area contributed by atoms with Gasteiger partial charge in [-0.15, -0.1) is 0 Å². The smallest absolute Gasteiger partial charge is 0.422 e. The third-order valence-electron chi connectivity index (χ3n) is 4.07. The van der Waals surface area contributed by atoms with Gasteiger partial charge in [-0.25, -0.2) is 9.80 Å². The molecule has 1 fully saturated rings. The number of nitrogens with zero attached hydrogens (tertiary/aromatic N) is 1. The molecule has 1 aromatic carbocycles. The molecule has 25 heavy (non-hydrogen) atoms. The summed E-state index contributed by atoms with van der Waals surface area (Å²) >= 11 is 0. The Morgan fingerprint density at radius 3 is 2.80 bits per heavy atom. The molecular weight excluding hydrogens is 318 g/mol. The van der Waals surface area contributed by atoms with E-state index in [1.54, 1.807) is 0 Å². The molecule has 0 spiro atoms. The number of ether oxygens (including phenoxy) is 1. The molecule has 0 saturated carbocycles. The zero-order valence-corrected chi connectivity index (χ0v) is 15.5. The quantitative estimate of drug-likeness (QED) is 0.622. The molecule has 1 atom stereocenters. The number of hydrazine groups is 1. The van der Waals surface area contributed by atoms with Crippen molar-refractivity contribution in [2.45, 2.75) is 58.2 Å². The molecule has 2 rings (SSSR count). The van der Waals surface area contributed by atoms with Crippen LogP contribution in [-0.4, -0.2) is 35.8 Å². The number of anilines is 2. The maximum absolute atomic E-state index is 12.0. The number of carbonyl (C=O) groups is 1. The number of nitrogens with two attached hydrogens (primary N) is 2. The topological polar surface area (TPSA) is 106 Å². The lowest BCUT2D eigenvalue weighted by atomic mass is 10.1. The zero-order valence-electron chi connectivity index (χ0n) is 15.5. The lowest BCUT2D eigenvalue weighted by Gasteiger charge is -2.28. The van der Waals surface area contributed by atoms with Gasteiger partial charge in [-0.1, -0.05) is 18.6 Å². The van der Waals surface area contributed by atoms with Crippen LogP contribution in [0, 0.1) is 0 Å². The molecule has 0 radical (unpaired) electrons. The van der Waals surface area contributed by atoms with E-state index in [1.165, 1.54) is 0 Å². The Kier molecular flexibility index (Phi) is 6.50. The van der Waals surface area contributed by atoms with E-state index in [-0.39, 0.29) is 6.04 Å². The molecule has 0 aliphatic carbocycles. The number of rotatable bonds is 4. The third-order valence-corrected chi connectivity index (χ3v) is 4.07. The summed E-state index contributed by atoms with van der Waals surface area (Å²) < 4.78 is 5.34. The van der Waals surface area contributed by atoms with Gasteiger partial charge >= 0.3 is 6.09 Å². The number of benzene rings is 1. The molecule has 140 valence electrons. The molecule has 0 bridgehead atoms. The molecule has 7 heteroatoms. The number of hydrogen-bond donors (Lipinski definition) is 4. The maximum Gasteiger partial charge on any atom is 0.422 e. The zero-order chi connectivity index (χ0) is 18.4. The van der Waals surface area contributed by atoms with Gasteiger partial charge in [0, 0.05) is 25.7 Å². The Labute approximate surface area is 150 Å². The summed E-state index contributed by atoms with van der Waals surface area (Å²) in [5, 5.41) is 5.44. The van der Waals surface area contributed by atoms with E-state index in [1.807, 2.05) is 44.0 Å². The van der Waals surface area contributed by atoms with Gasteiger partial charge in [0.2, 0.25) is 0 Å². The number of nitrogens with one attached hydrogen (secondary N) is 2. The Bertz CT molecular complexity index is 585. The second-order valence-electron chi connectivity index (χ2n) is 7.48. The highest BCUT2D eigenvalue weighted by Gasteiger charge is 2.23. The second kappa shape index (κ2) is 8.40. The minimum atomic E-state index is -0.512. The molecule has 1 amide bonds. The summed E-state index contributed by atoms with van der Waals surface area (Å²) in [6.07, 6.45) is 2.68. The largest absolute Gasteiger partial charge is 0.443 e. The number of amides is 1. The first-order valence-electron chi connectivity index (χ1n) is 8.87. The van der Waals surface area contributed by atoms with Gasteiger partial charge in [0.05, 0.1) is 11.4 Å². The van der Waals surface area contributed by atoms with Crippen molar-refractivity contribution in [2.24, 2.45) is 5.73 Å². The molecule has 0 aromatic heterocycles. The highest BCUT2D eigenvalue weighted by Crippen LogP contribution is 2.25. The van der Waals surface area contributed by atoms with Crippen LogP contribution >= 0.6 is 0 Å². The van der Waals surface area contributed by atoms with Crippen molar-refractivity contribution in [1.82, 2.24) is 10.4 Å². The molecule has 1 heterocycles. The summed E-state index contributed by atoms with van der Waals surface area (Å²) in [5.41, 5.74) is 16.9. The van der Waals surface area contributed by atoms with Crippen molar-refractivity contribution >= 4 is 17.5 Å². The lowest BCUT2D eigenvalue weighted by Crippen LogP contribution is -2.48. The number of carbonyl (C=O) groups excluding carboxylic acids is 1. The van der Waals surface area contributed by atoms with Gasteiger partial charge in [-0.2, -0.15) is 0 Å². The van der Waals surface area contributed by atoms with E-state index >= 15 is 0 Å². The van der Waals surface area contributed by atoms with Gasteiger partial charge < -0.3 is 21.5 Å². The average molecular weight is 349 g/mol. The Hall–Kier alpha value is -1.99. The predicted molar refractivity (Wildman–Crippen MR) is 101 cm³/mol. The minimum Gasteiger partial charge on any atom is -0.443 e. The summed E-state index contributed by atoms with van der Waals surface area (Å²) in [7, 11) is 0. The van der Waals surface area contributed by atoms with Crippen LogP contribution in [0.5, 0.6) is 0 Å². The Balaban J connectivity index is 2.01. The highest BCUT2D eigenvalue weighted by atomic mass is 16.6. The van der Waals surface area contributed by atoms with Crippen molar-refractivity contribution in [2.75, 3.05) is 24.1 Å². The van der Waals surface area contributed by atoms with Crippen LogP contribution in [0.15, 0.2) is 18.2 Å². The molecule has 1 saturated heterocycles. The van der Waals surface area contributed by atoms with Crippen molar-refractivity contribution in [1.29, 1.82) is 0 Å². The highest BCUT2D eigenvalue weighted by molar-refractivity contribution is 5.70.